The molecule has 0 unspecified atom stereocenters. The SMILES string of the molecule is CCCCCN.c1nc2ncc1-2. The maximum atomic E-state index is 5.21. The highest BCUT2D eigenvalue weighted by Gasteiger charge is 2.09. The minimum Gasteiger partial charge on any atom is -0.330 e. The van der Waals surface area contributed by atoms with E-state index in [1.165, 1.54) is 24.8 Å². The normalized spacial score (nSPS) is 10.2. The molecule has 0 radical (unpaired) electrons. The summed E-state index contributed by atoms with van der Waals surface area (Å²) in [6.07, 6.45) is 7.37. The number of fused-ring (bicyclic) bond motifs is 1. The number of nitrogens with zero attached hydrogens (tertiary/aromatic N) is 2. The molecule has 0 aromatic heterocycles. The molecule has 0 aliphatic carbocycles. The molecule has 2 heterocycles. The van der Waals surface area contributed by atoms with Gasteiger partial charge in [0, 0.05) is 12.4 Å². The molecule has 66 valence electrons. The zero-order chi connectivity index (χ0) is 8.81. The molecule has 3 heteroatoms. The summed E-state index contributed by atoms with van der Waals surface area (Å²) in [5.41, 5.74) is 6.42. The zero-order valence-corrected chi connectivity index (χ0v) is 7.45. The van der Waals surface area contributed by atoms with Crippen molar-refractivity contribution in [2.24, 2.45) is 5.73 Å². The van der Waals surface area contributed by atoms with E-state index >= 15 is 0 Å². The predicted octanol–water partition coefficient (Wildman–Crippen LogP) is 1.59. The van der Waals surface area contributed by atoms with Crippen LogP contribution in [0.3, 0.4) is 0 Å². The van der Waals surface area contributed by atoms with E-state index in [9.17, 15) is 0 Å². The Labute approximate surface area is 73.0 Å². The average Bonchev–Trinajstić information content (AvgIpc) is 2.09. The molecule has 0 amide bonds. The lowest BCUT2D eigenvalue weighted by Gasteiger charge is -2.06. The van der Waals surface area contributed by atoms with Crippen LogP contribution in [0.4, 0.5) is 0 Å². The number of unbranched alkanes of at least 4 members (excludes halogenated alkanes) is 2. The smallest absolute Gasteiger partial charge is 0.162 e. The molecule has 0 atom stereocenters. The second-order valence-corrected chi connectivity index (χ2v) is 2.79. The molecule has 0 saturated heterocycles. The summed E-state index contributed by atoms with van der Waals surface area (Å²) in [6.45, 7) is 3.03. The van der Waals surface area contributed by atoms with Crippen molar-refractivity contribution >= 4 is 0 Å². The average molecular weight is 165 g/mol. The molecule has 2 aliphatic rings. The van der Waals surface area contributed by atoms with Crippen molar-refractivity contribution in [2.45, 2.75) is 26.2 Å². The van der Waals surface area contributed by atoms with E-state index in [2.05, 4.69) is 16.9 Å². The second-order valence-electron chi connectivity index (χ2n) is 2.79. The summed E-state index contributed by atoms with van der Waals surface area (Å²) < 4.78 is 0. The highest BCUT2D eigenvalue weighted by molar-refractivity contribution is 5.61. The molecular formula is C9H15N3. The van der Waals surface area contributed by atoms with E-state index in [1.54, 1.807) is 0 Å². The topological polar surface area (TPSA) is 51.8 Å². The van der Waals surface area contributed by atoms with Gasteiger partial charge in [0.25, 0.3) is 0 Å². The van der Waals surface area contributed by atoms with E-state index in [-0.39, 0.29) is 0 Å². The van der Waals surface area contributed by atoms with Crippen molar-refractivity contribution < 1.29 is 0 Å². The number of hydrogen-bond donors (Lipinski definition) is 1. The fraction of sp³-hybridized carbons (Fsp3) is 0.556. The van der Waals surface area contributed by atoms with Crippen molar-refractivity contribution in [1.82, 2.24) is 9.97 Å². The van der Waals surface area contributed by atoms with Gasteiger partial charge in [-0.3, -0.25) is 0 Å². The largest absolute Gasteiger partial charge is 0.330 e. The lowest BCUT2D eigenvalue weighted by Crippen LogP contribution is -1.98. The molecular weight excluding hydrogens is 150 g/mol. The lowest BCUT2D eigenvalue weighted by molar-refractivity contribution is 0.727. The molecule has 12 heavy (non-hydrogen) atoms. The van der Waals surface area contributed by atoms with Crippen LogP contribution in [0.25, 0.3) is 11.4 Å². The molecule has 0 bridgehead atoms. The minimum atomic E-state index is 0.855. The monoisotopic (exact) mass is 165 g/mol. The highest BCUT2D eigenvalue weighted by Crippen LogP contribution is 2.20. The van der Waals surface area contributed by atoms with Crippen LogP contribution in [-0.2, 0) is 0 Å². The van der Waals surface area contributed by atoms with Crippen LogP contribution in [0.5, 0.6) is 0 Å². The fourth-order valence-corrected chi connectivity index (χ4v) is 0.855. The van der Waals surface area contributed by atoms with Gasteiger partial charge in [-0.25, -0.2) is 9.97 Å². The van der Waals surface area contributed by atoms with Crippen molar-refractivity contribution in [3.8, 4) is 11.4 Å². The Kier molecular flexibility index (Phi) is 3.67. The van der Waals surface area contributed by atoms with Crippen LogP contribution in [0, 0.1) is 0 Å². The molecule has 3 nitrogen and oxygen atoms in total. The predicted molar refractivity (Wildman–Crippen MR) is 49.6 cm³/mol. The first kappa shape index (κ1) is 9.13. The number of hydrogen-bond acceptors (Lipinski definition) is 3. The van der Waals surface area contributed by atoms with Crippen molar-refractivity contribution in [3.05, 3.63) is 12.4 Å². The van der Waals surface area contributed by atoms with Gasteiger partial charge >= 0.3 is 0 Å². The van der Waals surface area contributed by atoms with E-state index in [0.717, 1.165) is 12.4 Å². The van der Waals surface area contributed by atoms with E-state index in [4.69, 9.17) is 5.73 Å². The van der Waals surface area contributed by atoms with Gasteiger partial charge in [-0.15, -0.1) is 0 Å². The Bertz CT molecular complexity index is 193. The van der Waals surface area contributed by atoms with Gasteiger partial charge < -0.3 is 5.73 Å². The maximum Gasteiger partial charge on any atom is 0.162 e. The van der Waals surface area contributed by atoms with Crippen molar-refractivity contribution in [3.63, 3.8) is 0 Å². The Morgan fingerprint density at radius 1 is 1.25 bits per heavy atom. The van der Waals surface area contributed by atoms with Gasteiger partial charge in [0.15, 0.2) is 5.82 Å². The molecule has 2 rings (SSSR count). The second kappa shape index (κ2) is 4.83. The molecule has 0 fully saturated rings. The van der Waals surface area contributed by atoms with Gasteiger partial charge in [0.2, 0.25) is 0 Å². The van der Waals surface area contributed by atoms with Crippen molar-refractivity contribution in [1.29, 1.82) is 0 Å². The summed E-state index contributed by atoms with van der Waals surface area (Å²) in [7, 11) is 0. The molecule has 0 saturated carbocycles. The van der Waals surface area contributed by atoms with Crippen LogP contribution < -0.4 is 5.73 Å². The molecule has 0 aromatic rings. The van der Waals surface area contributed by atoms with Crippen LogP contribution >= 0.6 is 0 Å². The summed E-state index contributed by atoms with van der Waals surface area (Å²) >= 11 is 0. The quantitative estimate of drug-likeness (QED) is 0.703. The Balaban J connectivity index is 0.000000120. The minimum absolute atomic E-state index is 0.855. The zero-order valence-electron chi connectivity index (χ0n) is 7.45. The number of nitrogens with two attached hydrogens (primary N) is 1. The molecule has 0 aromatic carbocycles. The third-order valence-electron chi connectivity index (χ3n) is 1.72. The van der Waals surface area contributed by atoms with Crippen molar-refractivity contribution in [2.75, 3.05) is 6.54 Å². The van der Waals surface area contributed by atoms with E-state index in [1.807, 2.05) is 12.4 Å². The van der Waals surface area contributed by atoms with Gasteiger partial charge in [-0.1, -0.05) is 19.8 Å². The summed E-state index contributed by atoms with van der Waals surface area (Å²) in [5.74, 6) is 0.926. The number of rotatable bonds is 3. The maximum absolute atomic E-state index is 5.21. The number of aromatic nitrogens is 2. The van der Waals surface area contributed by atoms with Gasteiger partial charge in [0.05, 0.1) is 5.56 Å². The summed E-state index contributed by atoms with van der Waals surface area (Å²) in [6, 6.07) is 0. The van der Waals surface area contributed by atoms with Gasteiger partial charge in [-0.05, 0) is 13.0 Å². The third-order valence-corrected chi connectivity index (χ3v) is 1.72. The Morgan fingerprint density at radius 3 is 1.92 bits per heavy atom. The first-order chi connectivity index (χ1) is 5.88. The standard InChI is InChI=1S/C5H13N.C4H2N2/c1-2-3-4-5-6;1-3-2-6-4(3)5-1/h2-6H2,1H3;1-2H. The Morgan fingerprint density at radius 2 is 1.83 bits per heavy atom. The Hall–Kier alpha value is -0.960. The van der Waals surface area contributed by atoms with Crippen LogP contribution in [-0.4, -0.2) is 16.5 Å². The van der Waals surface area contributed by atoms with Crippen LogP contribution in [0.1, 0.15) is 26.2 Å². The highest BCUT2D eigenvalue weighted by atomic mass is 14.9. The molecule has 0 spiro atoms. The first-order valence-corrected chi connectivity index (χ1v) is 4.41. The van der Waals surface area contributed by atoms with E-state index in [0.29, 0.717) is 0 Å². The summed E-state index contributed by atoms with van der Waals surface area (Å²) in [4.78, 5) is 7.59. The van der Waals surface area contributed by atoms with E-state index < -0.39 is 0 Å². The molecule has 2 N–H and O–H groups in total. The fourth-order valence-electron chi connectivity index (χ4n) is 0.855. The first-order valence-electron chi connectivity index (χ1n) is 4.41. The van der Waals surface area contributed by atoms with Crippen LogP contribution in [0.15, 0.2) is 12.4 Å². The van der Waals surface area contributed by atoms with Gasteiger partial charge in [0.1, 0.15) is 0 Å². The van der Waals surface area contributed by atoms with Gasteiger partial charge in [-0.2, -0.15) is 0 Å². The molecule has 2 aliphatic heterocycles. The third kappa shape index (κ3) is 2.27. The lowest BCUT2D eigenvalue weighted by atomic mass is 10.2. The van der Waals surface area contributed by atoms with Crippen LogP contribution in [0.2, 0.25) is 0 Å². The summed E-state index contributed by atoms with van der Waals surface area (Å²) in [5, 5.41) is 0.